The molecule has 1 aromatic rings. The van der Waals surface area contributed by atoms with Crippen LogP contribution in [0.5, 0.6) is 11.8 Å². The molecule has 0 bridgehead atoms. The molecule has 2 rings (SSSR count). The van der Waals surface area contributed by atoms with Gasteiger partial charge in [-0.3, -0.25) is 23.9 Å². The Kier molecular flexibility index (Phi) is 2.99. The minimum atomic E-state index is -1.33. The summed E-state index contributed by atoms with van der Waals surface area (Å²) in [7, 11) is 0. The number of nitrogens with zero attached hydrogens (tertiary/aromatic N) is 2. The first-order chi connectivity index (χ1) is 8.91. The number of carboxylic acid groups (broad SMARTS) is 1. The van der Waals surface area contributed by atoms with Gasteiger partial charge in [-0.15, -0.1) is 0 Å². The molecule has 2 amide bonds. The Morgan fingerprint density at radius 1 is 1.11 bits per heavy atom. The number of aromatic nitrogens is 1. The molecule has 8 heteroatoms. The van der Waals surface area contributed by atoms with Crippen molar-refractivity contribution in [3.63, 3.8) is 0 Å². The normalized spacial score (nSPS) is 16.1. The fourth-order valence-corrected chi connectivity index (χ4v) is 1.89. The molecule has 8 nitrogen and oxygen atoms in total. The van der Waals surface area contributed by atoms with Crippen LogP contribution >= 0.6 is 0 Å². The highest BCUT2D eigenvalue weighted by Gasteiger charge is 2.35. The zero-order chi connectivity index (χ0) is 14.2. The summed E-state index contributed by atoms with van der Waals surface area (Å²) in [5.41, 5.74) is 0. The molecule has 0 saturated heterocycles. The minimum Gasteiger partial charge on any atom is -0.494 e. The molecule has 2 heterocycles. The van der Waals surface area contributed by atoms with Crippen molar-refractivity contribution in [2.75, 3.05) is 0 Å². The number of carboxylic acids is 1. The fourth-order valence-electron chi connectivity index (χ4n) is 1.89. The second-order valence-electron chi connectivity index (χ2n) is 3.88. The van der Waals surface area contributed by atoms with Crippen LogP contribution in [-0.4, -0.2) is 42.6 Å². The van der Waals surface area contributed by atoms with Gasteiger partial charge < -0.3 is 15.3 Å². The number of amides is 2. The van der Waals surface area contributed by atoms with Gasteiger partial charge in [0.2, 0.25) is 0 Å². The van der Waals surface area contributed by atoms with Crippen molar-refractivity contribution < 1.29 is 29.7 Å². The predicted molar refractivity (Wildman–Crippen MR) is 60.0 cm³/mol. The van der Waals surface area contributed by atoms with Gasteiger partial charge >= 0.3 is 5.97 Å². The lowest BCUT2D eigenvalue weighted by molar-refractivity contribution is -0.146. The number of imide groups is 1. The van der Waals surface area contributed by atoms with Crippen LogP contribution < -0.4 is 0 Å². The highest BCUT2D eigenvalue weighted by molar-refractivity contribution is 6.13. The summed E-state index contributed by atoms with van der Waals surface area (Å²) in [4.78, 5) is 34.7. The summed E-state index contributed by atoms with van der Waals surface area (Å²) in [5.74, 6) is -3.59. The van der Waals surface area contributed by atoms with Gasteiger partial charge in [0.15, 0.2) is 11.8 Å². The van der Waals surface area contributed by atoms with Crippen molar-refractivity contribution in [1.82, 2.24) is 9.47 Å². The first kappa shape index (κ1) is 12.7. The third-order valence-electron chi connectivity index (χ3n) is 2.67. The fraction of sp³-hybridized carbons (Fsp3) is 0.182. The van der Waals surface area contributed by atoms with Crippen molar-refractivity contribution in [3.8, 4) is 11.8 Å². The summed E-state index contributed by atoms with van der Waals surface area (Å²) >= 11 is 0. The lowest BCUT2D eigenvalue weighted by Crippen LogP contribution is -2.38. The minimum absolute atomic E-state index is 0.448. The number of aromatic hydroxyl groups is 2. The summed E-state index contributed by atoms with van der Waals surface area (Å²) in [6.07, 6.45) is 0.0147. The molecule has 0 aliphatic carbocycles. The number of rotatable bonds is 4. The van der Waals surface area contributed by atoms with Crippen LogP contribution in [0.2, 0.25) is 0 Å². The van der Waals surface area contributed by atoms with Gasteiger partial charge in [-0.25, -0.2) is 0 Å². The summed E-state index contributed by atoms with van der Waals surface area (Å²) in [5, 5.41) is 28.0. The molecule has 1 aromatic heterocycles. The van der Waals surface area contributed by atoms with E-state index in [1.807, 2.05) is 0 Å². The quantitative estimate of drug-likeness (QED) is 0.649. The maximum absolute atomic E-state index is 11.6. The number of carbonyl (C=O) groups is 3. The van der Waals surface area contributed by atoms with Crippen molar-refractivity contribution in [2.45, 2.75) is 12.6 Å². The predicted octanol–water partition coefficient (Wildman–Crippen LogP) is -0.202. The molecule has 3 N–H and O–H groups in total. The molecule has 0 radical (unpaired) electrons. The van der Waals surface area contributed by atoms with Crippen LogP contribution in [0, 0.1) is 0 Å². The second kappa shape index (κ2) is 4.48. The van der Waals surface area contributed by atoms with E-state index < -0.39 is 42.1 Å². The topological polar surface area (TPSA) is 120 Å². The molecule has 0 saturated carbocycles. The average molecular weight is 266 g/mol. The summed E-state index contributed by atoms with van der Waals surface area (Å²) in [6.45, 7) is 0. The van der Waals surface area contributed by atoms with Crippen molar-refractivity contribution in [1.29, 1.82) is 0 Å². The Balaban J connectivity index is 2.45. The Bertz CT molecular complexity index is 551. The molecule has 19 heavy (non-hydrogen) atoms. The maximum Gasteiger partial charge on any atom is 0.307 e. The molecular formula is C11H10N2O6. The Morgan fingerprint density at radius 3 is 2.00 bits per heavy atom. The Hall–Kier alpha value is -2.77. The van der Waals surface area contributed by atoms with Crippen molar-refractivity contribution in [2.24, 2.45) is 0 Å². The highest BCUT2D eigenvalue weighted by atomic mass is 16.4. The molecular weight excluding hydrogens is 256 g/mol. The molecule has 0 aromatic carbocycles. The first-order valence-electron chi connectivity index (χ1n) is 5.28. The van der Waals surface area contributed by atoms with E-state index in [-0.39, 0.29) is 0 Å². The van der Waals surface area contributed by atoms with Crippen LogP contribution in [0.3, 0.4) is 0 Å². The van der Waals surface area contributed by atoms with E-state index in [0.717, 1.165) is 28.9 Å². The largest absolute Gasteiger partial charge is 0.494 e. The van der Waals surface area contributed by atoms with E-state index >= 15 is 0 Å². The van der Waals surface area contributed by atoms with E-state index in [1.54, 1.807) is 0 Å². The van der Waals surface area contributed by atoms with Crippen LogP contribution in [0.15, 0.2) is 24.3 Å². The van der Waals surface area contributed by atoms with Gasteiger partial charge in [0.05, 0.1) is 6.42 Å². The van der Waals surface area contributed by atoms with Crippen LogP contribution in [-0.2, 0) is 14.4 Å². The lowest BCUT2D eigenvalue weighted by Gasteiger charge is -2.27. The SMILES string of the molecule is O=C(O)CC(N1C(=O)C=CC1=O)n1c(O)ccc1O. The standard InChI is InChI=1S/C11H10N2O6/c14-7-1-2-8(15)12(7)6(5-11(18)19)13-9(16)3-4-10(13)17/h1-4,6,14-15H,5H2,(H,18,19). The number of hydrogen-bond acceptors (Lipinski definition) is 5. The third kappa shape index (κ3) is 2.15. The van der Waals surface area contributed by atoms with Crippen molar-refractivity contribution >= 4 is 17.8 Å². The van der Waals surface area contributed by atoms with Gasteiger partial charge in [0, 0.05) is 24.3 Å². The zero-order valence-electron chi connectivity index (χ0n) is 9.55. The number of carbonyl (C=O) groups excluding carboxylic acids is 2. The van der Waals surface area contributed by atoms with Gasteiger partial charge in [-0.1, -0.05) is 0 Å². The zero-order valence-corrected chi connectivity index (χ0v) is 9.55. The number of aliphatic carboxylic acids is 1. The molecule has 0 fully saturated rings. The average Bonchev–Trinajstić information content (AvgIpc) is 2.81. The van der Waals surface area contributed by atoms with E-state index in [1.165, 1.54) is 0 Å². The molecule has 0 spiro atoms. The first-order valence-corrected chi connectivity index (χ1v) is 5.28. The monoisotopic (exact) mass is 266 g/mol. The van der Waals surface area contributed by atoms with E-state index in [0.29, 0.717) is 4.90 Å². The van der Waals surface area contributed by atoms with Gasteiger partial charge in [-0.2, -0.15) is 0 Å². The summed E-state index contributed by atoms with van der Waals surface area (Å²) in [6, 6.07) is 2.26. The third-order valence-corrected chi connectivity index (χ3v) is 2.67. The van der Waals surface area contributed by atoms with Crippen molar-refractivity contribution in [3.05, 3.63) is 24.3 Å². The Labute approximate surface area is 106 Å². The molecule has 1 aliphatic heterocycles. The van der Waals surface area contributed by atoms with Crippen LogP contribution in [0.1, 0.15) is 12.6 Å². The van der Waals surface area contributed by atoms with Gasteiger partial charge in [-0.05, 0) is 0 Å². The van der Waals surface area contributed by atoms with Gasteiger partial charge in [0.25, 0.3) is 11.8 Å². The lowest BCUT2D eigenvalue weighted by atomic mass is 10.3. The summed E-state index contributed by atoms with van der Waals surface area (Å²) < 4.78 is 0.802. The molecule has 1 aliphatic rings. The Morgan fingerprint density at radius 2 is 1.58 bits per heavy atom. The molecule has 100 valence electrons. The number of hydrogen-bond donors (Lipinski definition) is 3. The second-order valence-corrected chi connectivity index (χ2v) is 3.88. The molecule has 1 atom stereocenters. The van der Waals surface area contributed by atoms with Crippen LogP contribution in [0.25, 0.3) is 0 Å². The van der Waals surface area contributed by atoms with E-state index in [4.69, 9.17) is 5.11 Å². The van der Waals surface area contributed by atoms with E-state index in [2.05, 4.69) is 0 Å². The van der Waals surface area contributed by atoms with Gasteiger partial charge in [0.1, 0.15) is 6.17 Å². The maximum atomic E-state index is 11.6. The van der Waals surface area contributed by atoms with Crippen LogP contribution in [0.4, 0.5) is 0 Å². The van der Waals surface area contributed by atoms with E-state index in [9.17, 15) is 24.6 Å². The molecule has 1 unspecified atom stereocenters. The highest BCUT2D eigenvalue weighted by Crippen LogP contribution is 2.32. The smallest absolute Gasteiger partial charge is 0.307 e.